The maximum Gasteiger partial charge on any atom is 0.293 e. The molecule has 0 aliphatic carbocycles. The molecule has 0 saturated heterocycles. The molecule has 0 aliphatic heterocycles. The highest BCUT2D eigenvalue weighted by molar-refractivity contribution is 5.97. The summed E-state index contributed by atoms with van der Waals surface area (Å²) in [7, 11) is 3.22. The van der Waals surface area contributed by atoms with E-state index in [1.54, 1.807) is 26.2 Å². The van der Waals surface area contributed by atoms with Crippen LogP contribution in [0.4, 0.5) is 0 Å². The van der Waals surface area contributed by atoms with Crippen molar-refractivity contribution in [2.75, 3.05) is 52.5 Å². The first kappa shape index (κ1) is 32.6. The lowest BCUT2D eigenvalue weighted by molar-refractivity contribution is 0.0943. The van der Waals surface area contributed by atoms with Crippen molar-refractivity contribution in [2.45, 2.75) is 39.5 Å². The maximum atomic E-state index is 12.9. The van der Waals surface area contributed by atoms with Crippen LogP contribution in [-0.4, -0.2) is 78.3 Å². The molecule has 2 aromatic heterocycles. The molecule has 2 aromatic rings. The number of ether oxygens (including phenoxy) is 2. The van der Waals surface area contributed by atoms with Gasteiger partial charge in [-0.2, -0.15) is 0 Å². The van der Waals surface area contributed by atoms with E-state index in [2.05, 4.69) is 10.6 Å². The van der Waals surface area contributed by atoms with Crippen LogP contribution in [-0.2, 0) is 14.1 Å². The highest BCUT2D eigenvalue weighted by Crippen LogP contribution is 2.14. The number of aromatic nitrogens is 2. The predicted octanol–water partition coefficient (Wildman–Crippen LogP) is 0.862. The van der Waals surface area contributed by atoms with Crippen LogP contribution in [0.2, 0.25) is 0 Å². The molecule has 40 heavy (non-hydrogen) atoms. The Morgan fingerprint density at radius 2 is 1.23 bits per heavy atom. The lowest BCUT2D eigenvalue weighted by Gasteiger charge is -2.22. The summed E-state index contributed by atoms with van der Waals surface area (Å²) >= 11 is 0. The first-order valence-corrected chi connectivity index (χ1v) is 13.9. The molecule has 0 bridgehead atoms. The van der Waals surface area contributed by atoms with Gasteiger partial charge in [-0.25, -0.2) is 0 Å². The molecule has 0 fully saturated rings. The molecule has 0 saturated carbocycles. The van der Waals surface area contributed by atoms with Crippen LogP contribution in [0.15, 0.2) is 34.1 Å². The van der Waals surface area contributed by atoms with Crippen LogP contribution >= 0.6 is 0 Å². The second-order valence-electron chi connectivity index (χ2n) is 9.50. The number of amides is 2. The second-order valence-corrected chi connectivity index (χ2v) is 9.50. The topological polar surface area (TPSA) is 150 Å². The van der Waals surface area contributed by atoms with Crippen molar-refractivity contribution in [3.63, 3.8) is 0 Å². The van der Waals surface area contributed by atoms with Crippen molar-refractivity contribution in [2.24, 2.45) is 19.8 Å². The Morgan fingerprint density at radius 3 is 1.60 bits per heavy atom. The molecule has 0 unspecified atom stereocenters. The number of pyridine rings is 2. The van der Waals surface area contributed by atoms with Crippen molar-refractivity contribution in [1.29, 1.82) is 0 Å². The molecule has 0 spiro atoms. The molecule has 0 aromatic carbocycles. The Labute approximate surface area is 235 Å². The van der Waals surface area contributed by atoms with E-state index in [-0.39, 0.29) is 33.7 Å². The fourth-order valence-corrected chi connectivity index (χ4v) is 3.85. The Bertz CT molecular complexity index is 1130. The number of nitrogens with two attached hydrogens (primary N) is 1. The molecule has 2 heterocycles. The molecule has 0 radical (unpaired) electrons. The number of carbonyl (C=O) groups is 2. The third kappa shape index (κ3) is 9.53. The summed E-state index contributed by atoms with van der Waals surface area (Å²) in [6.45, 7) is 7.27. The smallest absolute Gasteiger partial charge is 0.293 e. The summed E-state index contributed by atoms with van der Waals surface area (Å²) in [6, 6.07) is 3.14. The van der Waals surface area contributed by atoms with E-state index in [0.29, 0.717) is 52.5 Å². The minimum Gasteiger partial charge on any atom is -0.487 e. The Balaban J connectivity index is 1.95. The summed E-state index contributed by atoms with van der Waals surface area (Å²) in [6.07, 6.45) is 6.44. The van der Waals surface area contributed by atoms with Crippen LogP contribution < -0.4 is 37.0 Å². The van der Waals surface area contributed by atoms with Crippen molar-refractivity contribution in [3.05, 3.63) is 56.4 Å². The van der Waals surface area contributed by atoms with Crippen molar-refractivity contribution >= 4 is 11.8 Å². The first-order chi connectivity index (χ1) is 19.2. The fraction of sp³-hybridized carbons (Fsp3) is 0.571. The Kier molecular flexibility index (Phi) is 14.0. The van der Waals surface area contributed by atoms with Crippen molar-refractivity contribution in [3.8, 4) is 11.5 Å². The summed E-state index contributed by atoms with van der Waals surface area (Å²) in [4.78, 5) is 52.8. The zero-order valence-corrected chi connectivity index (χ0v) is 24.2. The lowest BCUT2D eigenvalue weighted by atomic mass is 10.2. The Hall–Kier alpha value is -3.64. The van der Waals surface area contributed by atoms with Crippen molar-refractivity contribution < 1.29 is 19.1 Å². The molecular formula is C28H44N6O6. The van der Waals surface area contributed by atoms with E-state index in [0.717, 1.165) is 25.7 Å². The van der Waals surface area contributed by atoms with E-state index in [4.69, 9.17) is 15.2 Å². The molecule has 2 rings (SSSR count). The van der Waals surface area contributed by atoms with Crippen LogP contribution in [0.3, 0.4) is 0 Å². The number of hydrogen-bond acceptors (Lipinski definition) is 8. The average Bonchev–Trinajstić information content (AvgIpc) is 2.93. The van der Waals surface area contributed by atoms with Crippen LogP contribution in [0, 0.1) is 0 Å². The number of nitrogens with zero attached hydrogens (tertiary/aromatic N) is 3. The molecule has 2 amide bonds. The summed E-state index contributed by atoms with van der Waals surface area (Å²) in [5.74, 6) is -0.699. The van der Waals surface area contributed by atoms with E-state index >= 15 is 0 Å². The van der Waals surface area contributed by atoms with E-state index < -0.39 is 11.8 Å². The third-order valence-electron chi connectivity index (χ3n) is 6.30. The van der Waals surface area contributed by atoms with Gasteiger partial charge in [-0.3, -0.25) is 24.1 Å². The second kappa shape index (κ2) is 17.1. The standard InChI is InChI=1S/C28H44N6O6/c1-5-7-19-39-23-21(9-14-32(3)27(23)37)25(35)30-12-17-34(16-11-29)18-13-31-26(36)22-10-15-33(4)28(38)24(22)40-20-8-6-2/h9-10,14-15H,5-8,11-13,16-20,29H2,1-4H3,(H,30,35)(H,31,36). The zero-order valence-electron chi connectivity index (χ0n) is 24.2. The highest BCUT2D eigenvalue weighted by Gasteiger charge is 2.19. The van der Waals surface area contributed by atoms with Crippen molar-refractivity contribution in [1.82, 2.24) is 24.7 Å². The number of unbranched alkanes of at least 4 members (excludes halogenated alkanes) is 2. The van der Waals surface area contributed by atoms with Gasteiger partial charge in [0.1, 0.15) is 0 Å². The quantitative estimate of drug-likeness (QED) is 0.227. The van der Waals surface area contributed by atoms with Crippen LogP contribution in [0.1, 0.15) is 60.2 Å². The van der Waals surface area contributed by atoms with E-state index in [9.17, 15) is 19.2 Å². The minimum atomic E-state index is -0.397. The number of nitrogens with one attached hydrogen (secondary N) is 2. The molecule has 222 valence electrons. The summed E-state index contributed by atoms with van der Waals surface area (Å²) in [5.41, 5.74) is 5.44. The third-order valence-corrected chi connectivity index (χ3v) is 6.30. The zero-order chi connectivity index (χ0) is 29.5. The van der Waals surface area contributed by atoms with Gasteiger partial charge in [-0.15, -0.1) is 0 Å². The summed E-state index contributed by atoms with van der Waals surface area (Å²) in [5, 5.41) is 5.69. The molecule has 0 atom stereocenters. The minimum absolute atomic E-state index is 0.0475. The first-order valence-electron chi connectivity index (χ1n) is 13.9. The lowest BCUT2D eigenvalue weighted by Crippen LogP contribution is -2.42. The highest BCUT2D eigenvalue weighted by atomic mass is 16.5. The van der Waals surface area contributed by atoms with Gasteiger partial charge in [0.15, 0.2) is 11.5 Å². The molecular weight excluding hydrogens is 516 g/mol. The normalized spacial score (nSPS) is 10.9. The van der Waals surface area contributed by atoms with Gasteiger partial charge in [-0.05, 0) is 25.0 Å². The SMILES string of the molecule is CCCCOc1c(C(=O)NCCN(CCN)CCNC(=O)c2ccn(C)c(=O)c2OCCCC)ccn(C)c1=O. The molecule has 4 N–H and O–H groups in total. The fourth-order valence-electron chi connectivity index (χ4n) is 3.85. The van der Waals surface area contributed by atoms with Gasteiger partial charge in [0.25, 0.3) is 22.9 Å². The number of hydrogen-bond donors (Lipinski definition) is 3. The predicted molar refractivity (Wildman–Crippen MR) is 154 cm³/mol. The Morgan fingerprint density at radius 1 is 0.800 bits per heavy atom. The number of rotatable bonds is 18. The molecule has 12 heteroatoms. The maximum absolute atomic E-state index is 12.9. The van der Waals surface area contributed by atoms with Crippen LogP contribution in [0.5, 0.6) is 11.5 Å². The largest absolute Gasteiger partial charge is 0.487 e. The number of carbonyl (C=O) groups excluding carboxylic acids is 2. The van der Waals surface area contributed by atoms with Gasteiger partial charge in [-0.1, -0.05) is 26.7 Å². The van der Waals surface area contributed by atoms with Gasteiger partial charge in [0, 0.05) is 65.8 Å². The molecule has 12 nitrogen and oxygen atoms in total. The van der Waals surface area contributed by atoms with Gasteiger partial charge in [0.2, 0.25) is 0 Å². The van der Waals surface area contributed by atoms with E-state index in [1.165, 1.54) is 21.5 Å². The monoisotopic (exact) mass is 560 g/mol. The average molecular weight is 561 g/mol. The van der Waals surface area contributed by atoms with Crippen LogP contribution in [0.25, 0.3) is 0 Å². The van der Waals surface area contributed by atoms with E-state index in [1.807, 2.05) is 18.7 Å². The molecule has 0 aliphatic rings. The number of aryl methyl sites for hydroxylation is 2. The summed E-state index contributed by atoms with van der Waals surface area (Å²) < 4.78 is 14.0. The van der Waals surface area contributed by atoms with Gasteiger partial charge >= 0.3 is 0 Å². The van der Waals surface area contributed by atoms with Gasteiger partial charge < -0.3 is 35.0 Å². The van der Waals surface area contributed by atoms with Gasteiger partial charge in [0.05, 0.1) is 24.3 Å².